The molecule has 3 saturated carbocycles. The van der Waals surface area contributed by atoms with Crippen molar-refractivity contribution in [1.82, 2.24) is 0 Å². The van der Waals surface area contributed by atoms with Crippen LogP contribution in [0.2, 0.25) is 54.4 Å². The SMILES string of the molecule is C=C1/C(=C\C=C2/CCC[C@]3(C)[C@@H]2CC[C@H]3[C@@H](C)CCCC(C)(C)O[Si](C)(C)C(C)(C)C)C[C@H](O[Si](C)(C)C(C)(C)C)C[C@H]1O[Si](C)(C)C(C)(C)C. The minimum atomic E-state index is -1.98. The molecule has 6 heteroatoms. The normalized spacial score (nSPS) is 29.9. The summed E-state index contributed by atoms with van der Waals surface area (Å²) < 4.78 is 21.2. The van der Waals surface area contributed by atoms with Gasteiger partial charge in [-0.1, -0.05) is 113 Å². The van der Waals surface area contributed by atoms with Crippen LogP contribution < -0.4 is 0 Å². The van der Waals surface area contributed by atoms with Gasteiger partial charge in [-0.3, -0.25) is 0 Å². The van der Waals surface area contributed by atoms with Crippen molar-refractivity contribution in [3.05, 3.63) is 35.5 Å². The predicted octanol–water partition coefficient (Wildman–Crippen LogP) is 14.8. The van der Waals surface area contributed by atoms with E-state index in [2.05, 4.69) is 141 Å². The zero-order valence-electron chi connectivity index (χ0n) is 37.5. The first-order chi connectivity index (χ1) is 22.8. The number of fused-ring (bicyclic) bond motifs is 1. The van der Waals surface area contributed by atoms with Gasteiger partial charge in [0.1, 0.15) is 0 Å². The molecule has 0 bridgehead atoms. The van der Waals surface area contributed by atoms with Gasteiger partial charge in [0.2, 0.25) is 0 Å². The maximum atomic E-state index is 7.13. The second-order valence-corrected chi connectivity index (χ2v) is 37.1. The number of hydrogen-bond acceptors (Lipinski definition) is 3. The maximum Gasteiger partial charge on any atom is 0.192 e. The van der Waals surface area contributed by atoms with Crippen LogP contribution in [0.1, 0.15) is 154 Å². The van der Waals surface area contributed by atoms with Crippen LogP contribution in [0, 0.1) is 23.2 Å². The first-order valence-corrected chi connectivity index (χ1v) is 29.7. The molecule has 0 heterocycles. The lowest BCUT2D eigenvalue weighted by atomic mass is 9.60. The molecule has 0 saturated heterocycles. The Labute approximate surface area is 322 Å². The smallest absolute Gasteiger partial charge is 0.192 e. The Morgan fingerprint density at radius 2 is 1.35 bits per heavy atom. The third-order valence-electron chi connectivity index (χ3n) is 15.2. The highest BCUT2D eigenvalue weighted by molar-refractivity contribution is 6.75. The minimum Gasteiger partial charge on any atom is -0.413 e. The lowest BCUT2D eigenvalue weighted by Gasteiger charge is -2.46. The lowest BCUT2D eigenvalue weighted by molar-refractivity contribution is 0.0682. The fourth-order valence-corrected chi connectivity index (χ4v) is 13.4. The summed E-state index contributed by atoms with van der Waals surface area (Å²) in [4.78, 5) is 0. The quantitative estimate of drug-likeness (QED) is 0.186. The van der Waals surface area contributed by atoms with E-state index in [1.165, 1.54) is 56.1 Å². The predicted molar refractivity (Wildman–Crippen MR) is 232 cm³/mol. The fourth-order valence-electron chi connectivity index (χ4n) is 8.93. The molecular formula is C45H86O3Si3. The van der Waals surface area contributed by atoms with Crippen molar-refractivity contribution in [3.63, 3.8) is 0 Å². The summed E-state index contributed by atoms with van der Waals surface area (Å²) in [6.07, 6.45) is 17.5. The minimum absolute atomic E-state index is 0.0321. The molecule has 3 fully saturated rings. The fraction of sp³-hybridized carbons (Fsp3) is 0.867. The summed E-state index contributed by atoms with van der Waals surface area (Å²) in [6.45, 7) is 50.1. The molecule has 3 aliphatic carbocycles. The molecule has 0 unspecified atom stereocenters. The third kappa shape index (κ3) is 10.7. The van der Waals surface area contributed by atoms with Crippen molar-refractivity contribution in [2.24, 2.45) is 23.2 Å². The molecule has 0 spiro atoms. The van der Waals surface area contributed by atoms with Gasteiger partial charge in [0.25, 0.3) is 0 Å². The van der Waals surface area contributed by atoms with Crippen molar-refractivity contribution in [3.8, 4) is 0 Å². The molecule has 3 rings (SSSR count). The second-order valence-electron chi connectivity index (χ2n) is 22.9. The van der Waals surface area contributed by atoms with E-state index in [4.69, 9.17) is 19.9 Å². The highest BCUT2D eigenvalue weighted by Crippen LogP contribution is 2.60. The van der Waals surface area contributed by atoms with Crippen LogP contribution >= 0.6 is 0 Å². The molecule has 0 N–H and O–H groups in total. The van der Waals surface area contributed by atoms with E-state index >= 15 is 0 Å². The Kier molecular flexibility index (Phi) is 13.9. The van der Waals surface area contributed by atoms with Gasteiger partial charge in [-0.05, 0) is 148 Å². The van der Waals surface area contributed by atoms with Gasteiger partial charge in [0.05, 0.1) is 17.8 Å². The Bertz CT molecular complexity index is 1270. The summed E-state index contributed by atoms with van der Waals surface area (Å²) >= 11 is 0. The van der Waals surface area contributed by atoms with E-state index in [0.717, 1.165) is 31.1 Å². The Morgan fingerprint density at radius 3 is 1.90 bits per heavy atom. The van der Waals surface area contributed by atoms with Crippen molar-refractivity contribution in [2.45, 2.75) is 226 Å². The Hall–Kier alpha value is -0.249. The van der Waals surface area contributed by atoms with Gasteiger partial charge in [-0.25, -0.2) is 0 Å². The summed E-state index contributed by atoms with van der Waals surface area (Å²) in [5, 5.41) is 0.585. The van der Waals surface area contributed by atoms with E-state index in [0.29, 0.717) is 11.3 Å². The maximum absolute atomic E-state index is 7.13. The number of rotatable bonds is 12. The topological polar surface area (TPSA) is 27.7 Å². The highest BCUT2D eigenvalue weighted by Gasteiger charge is 2.51. The summed E-state index contributed by atoms with van der Waals surface area (Å²) in [7, 11) is -5.70. The van der Waals surface area contributed by atoms with Crippen LogP contribution in [0.25, 0.3) is 0 Å². The van der Waals surface area contributed by atoms with Gasteiger partial charge in [0, 0.05) is 6.42 Å². The molecule has 6 atom stereocenters. The lowest BCUT2D eigenvalue weighted by Crippen LogP contribution is -2.49. The van der Waals surface area contributed by atoms with E-state index in [1.54, 1.807) is 5.57 Å². The first-order valence-electron chi connectivity index (χ1n) is 21.0. The Balaban J connectivity index is 1.79. The molecule has 0 radical (unpaired) electrons. The van der Waals surface area contributed by atoms with Crippen LogP contribution in [0.5, 0.6) is 0 Å². The zero-order chi connectivity index (χ0) is 39.2. The largest absolute Gasteiger partial charge is 0.413 e. The van der Waals surface area contributed by atoms with Crippen LogP contribution in [0.4, 0.5) is 0 Å². The van der Waals surface area contributed by atoms with Crippen molar-refractivity contribution < 1.29 is 13.3 Å². The van der Waals surface area contributed by atoms with Gasteiger partial charge in [-0.15, -0.1) is 0 Å². The monoisotopic (exact) mass is 759 g/mol. The molecule has 51 heavy (non-hydrogen) atoms. The standard InChI is InChI=1S/C45H86O3Si3/c1-33(23-21-29-44(12,13)48-51(19,20)43(9,10)11)38-27-28-39-35(24-22-30-45(38,39)14)25-26-36-31-37(46-49(15,16)41(3,4)5)32-40(34(36)2)47-50(17,18)42(6,7)8/h25-26,33,37-40H,2,21-24,27-32H2,1,3-20H3/b35-25+,36-26-/t33-,37-,38-,39+,40+,45-/m0/s1. The third-order valence-corrected chi connectivity index (χ3v) is 28.9. The van der Waals surface area contributed by atoms with E-state index in [-0.39, 0.29) is 32.9 Å². The number of allylic oxidation sites excluding steroid dienone is 3. The van der Waals surface area contributed by atoms with Crippen LogP contribution in [0.3, 0.4) is 0 Å². The van der Waals surface area contributed by atoms with Gasteiger partial charge in [-0.2, -0.15) is 0 Å². The molecular weight excluding hydrogens is 673 g/mol. The second kappa shape index (κ2) is 15.7. The van der Waals surface area contributed by atoms with Crippen LogP contribution in [0.15, 0.2) is 35.5 Å². The Morgan fingerprint density at radius 1 is 0.804 bits per heavy atom. The average molecular weight is 759 g/mol. The van der Waals surface area contributed by atoms with Crippen LogP contribution in [-0.4, -0.2) is 42.8 Å². The molecule has 296 valence electrons. The van der Waals surface area contributed by atoms with Crippen molar-refractivity contribution >= 4 is 25.0 Å². The van der Waals surface area contributed by atoms with Crippen molar-refractivity contribution in [1.29, 1.82) is 0 Å². The first kappa shape index (κ1) is 45.1. The van der Waals surface area contributed by atoms with Gasteiger partial charge >= 0.3 is 0 Å². The molecule has 0 aromatic rings. The van der Waals surface area contributed by atoms with E-state index < -0.39 is 25.0 Å². The van der Waals surface area contributed by atoms with E-state index in [9.17, 15) is 0 Å². The van der Waals surface area contributed by atoms with Crippen molar-refractivity contribution in [2.75, 3.05) is 0 Å². The zero-order valence-corrected chi connectivity index (χ0v) is 40.5. The summed E-state index contributed by atoms with van der Waals surface area (Å²) in [6, 6.07) is 0. The summed E-state index contributed by atoms with van der Waals surface area (Å²) in [5.74, 6) is 2.25. The molecule has 3 aliphatic rings. The van der Waals surface area contributed by atoms with Gasteiger partial charge in [0.15, 0.2) is 25.0 Å². The average Bonchev–Trinajstić information content (AvgIpc) is 3.28. The molecule has 3 nitrogen and oxygen atoms in total. The molecule has 0 aromatic carbocycles. The summed E-state index contributed by atoms with van der Waals surface area (Å²) in [5.41, 5.74) is 4.60. The molecule has 0 aliphatic heterocycles. The molecule has 0 amide bonds. The van der Waals surface area contributed by atoms with Gasteiger partial charge < -0.3 is 13.3 Å². The van der Waals surface area contributed by atoms with E-state index in [1.807, 2.05) is 0 Å². The highest BCUT2D eigenvalue weighted by atomic mass is 28.4. The molecule has 0 aromatic heterocycles. The number of hydrogen-bond donors (Lipinski definition) is 0. The van der Waals surface area contributed by atoms with Crippen LogP contribution in [-0.2, 0) is 13.3 Å².